The van der Waals surface area contributed by atoms with Crippen LogP contribution in [0.1, 0.15) is 53.2 Å². The number of likely N-dealkylation sites (N-methyl/N-ethyl adjacent to an activating group) is 1. The number of hydrogen-bond acceptors (Lipinski definition) is 2. The van der Waals surface area contributed by atoms with Crippen LogP contribution in [0, 0.1) is 5.92 Å². The molecule has 160 valence electrons. The number of hydrogen-bond donors (Lipinski definition) is 1. The zero-order valence-corrected chi connectivity index (χ0v) is 17.4. The number of carbonyl (C=O) groups excluding carboxylic acids is 1. The summed E-state index contributed by atoms with van der Waals surface area (Å²) < 4.78 is 39.8. The average Bonchev–Trinajstić information content (AvgIpc) is 2.72. The van der Waals surface area contributed by atoms with Gasteiger partial charge in [-0.15, -0.1) is 0 Å². The average molecular weight is 437 g/mol. The molecule has 1 saturated carbocycles. The van der Waals surface area contributed by atoms with Crippen LogP contribution in [0.15, 0.2) is 48.5 Å². The van der Waals surface area contributed by atoms with Crippen LogP contribution in [-0.2, 0) is 6.18 Å². The Bertz CT molecular complexity index is 924. The minimum absolute atomic E-state index is 0.157. The van der Waals surface area contributed by atoms with Gasteiger partial charge < -0.3 is 5.32 Å². The Labute approximate surface area is 179 Å². The lowest BCUT2D eigenvalue weighted by Gasteiger charge is -2.57. The van der Waals surface area contributed by atoms with E-state index in [1.807, 2.05) is 30.3 Å². The van der Waals surface area contributed by atoms with Crippen LogP contribution < -0.4 is 5.32 Å². The van der Waals surface area contributed by atoms with Crippen molar-refractivity contribution < 1.29 is 18.0 Å². The fourth-order valence-electron chi connectivity index (χ4n) is 5.13. The van der Waals surface area contributed by atoms with Gasteiger partial charge in [-0.05, 0) is 56.3 Å². The van der Waals surface area contributed by atoms with Gasteiger partial charge in [-0.3, -0.25) is 9.69 Å². The van der Waals surface area contributed by atoms with E-state index in [2.05, 4.69) is 17.3 Å². The maximum absolute atomic E-state index is 13.3. The molecule has 2 aromatic carbocycles. The van der Waals surface area contributed by atoms with Crippen molar-refractivity contribution >= 4 is 17.5 Å². The Morgan fingerprint density at radius 1 is 1.13 bits per heavy atom. The molecule has 3 aliphatic rings. The summed E-state index contributed by atoms with van der Waals surface area (Å²) in [4.78, 5) is 15.5. The van der Waals surface area contributed by atoms with E-state index in [0.29, 0.717) is 5.92 Å². The van der Waals surface area contributed by atoms with E-state index in [0.717, 1.165) is 43.9 Å². The number of nitrogens with zero attached hydrogens (tertiary/aromatic N) is 1. The second-order valence-corrected chi connectivity index (χ2v) is 8.79. The molecule has 2 bridgehead atoms. The van der Waals surface area contributed by atoms with Crippen LogP contribution in [0.3, 0.4) is 0 Å². The summed E-state index contributed by atoms with van der Waals surface area (Å²) in [5.41, 5.74) is -0.474. The topological polar surface area (TPSA) is 32.3 Å². The van der Waals surface area contributed by atoms with Crippen LogP contribution in [0.5, 0.6) is 0 Å². The van der Waals surface area contributed by atoms with Crippen molar-refractivity contribution in [2.24, 2.45) is 5.92 Å². The lowest BCUT2D eigenvalue weighted by molar-refractivity contribution is -0.137. The van der Waals surface area contributed by atoms with E-state index in [1.165, 1.54) is 12.1 Å². The van der Waals surface area contributed by atoms with Crippen molar-refractivity contribution in [3.63, 3.8) is 0 Å². The van der Waals surface area contributed by atoms with Crippen molar-refractivity contribution in [1.82, 2.24) is 10.2 Å². The largest absolute Gasteiger partial charge is 0.417 e. The number of benzene rings is 2. The van der Waals surface area contributed by atoms with Crippen molar-refractivity contribution in [1.29, 1.82) is 0 Å². The molecule has 2 heterocycles. The van der Waals surface area contributed by atoms with E-state index in [-0.39, 0.29) is 17.1 Å². The highest BCUT2D eigenvalue weighted by Gasteiger charge is 2.50. The molecule has 1 aliphatic carbocycles. The van der Waals surface area contributed by atoms with Gasteiger partial charge in [0.2, 0.25) is 0 Å². The molecular weight excluding hydrogens is 413 g/mol. The van der Waals surface area contributed by atoms with Crippen LogP contribution in [0.25, 0.3) is 0 Å². The molecule has 2 aliphatic heterocycles. The number of piperidine rings is 2. The summed E-state index contributed by atoms with van der Waals surface area (Å²) in [6, 6.07) is 12.8. The van der Waals surface area contributed by atoms with E-state index < -0.39 is 22.7 Å². The molecule has 0 spiro atoms. The number of nitrogens with one attached hydrogen (secondary N) is 1. The SMILES string of the molecule is CN1CC2CCC1(C(NC(=O)c1cccc(C(F)(F)F)c1Cl)c1ccccc1)CC2. The van der Waals surface area contributed by atoms with Crippen molar-refractivity contribution in [3.8, 4) is 0 Å². The Morgan fingerprint density at radius 3 is 2.40 bits per heavy atom. The van der Waals surface area contributed by atoms with Gasteiger partial charge >= 0.3 is 6.18 Å². The lowest BCUT2D eigenvalue weighted by atomic mass is 9.66. The molecule has 1 amide bonds. The third-order valence-corrected chi connectivity index (χ3v) is 7.16. The number of halogens is 4. The smallest absolute Gasteiger partial charge is 0.343 e. The molecule has 5 rings (SSSR count). The van der Waals surface area contributed by atoms with Crippen LogP contribution in [-0.4, -0.2) is 29.9 Å². The molecular formula is C23H24ClF3N2O. The molecule has 2 aromatic rings. The molecule has 0 radical (unpaired) electrons. The Kier molecular flexibility index (Phi) is 5.58. The molecule has 0 aromatic heterocycles. The first-order chi connectivity index (χ1) is 14.2. The molecule has 30 heavy (non-hydrogen) atoms. The number of alkyl halides is 3. The summed E-state index contributed by atoms with van der Waals surface area (Å²) in [6.07, 6.45) is -0.566. The Morgan fingerprint density at radius 2 is 1.80 bits per heavy atom. The highest BCUT2D eigenvalue weighted by atomic mass is 35.5. The van der Waals surface area contributed by atoms with Gasteiger partial charge in [0.1, 0.15) is 0 Å². The standard InChI is InChI=1S/C23H24ClF3N2O/c1-29-14-15-10-12-22(29,13-11-15)20(16-6-3-2-4-7-16)28-21(30)17-8-5-9-18(19(17)24)23(25,26)27/h2-9,15,20H,10-14H2,1H3,(H,28,30). The first kappa shape index (κ1) is 21.2. The minimum atomic E-state index is -4.62. The molecule has 1 atom stereocenters. The Hall–Kier alpha value is -2.05. The van der Waals surface area contributed by atoms with Crippen LogP contribution in [0.4, 0.5) is 13.2 Å². The highest BCUT2D eigenvalue weighted by molar-refractivity contribution is 6.34. The van der Waals surface area contributed by atoms with Gasteiger partial charge in [-0.2, -0.15) is 13.2 Å². The normalized spacial score (nSPS) is 25.2. The first-order valence-corrected chi connectivity index (χ1v) is 10.5. The number of fused-ring (bicyclic) bond motifs is 3. The van der Waals surface area contributed by atoms with Gasteiger partial charge in [0.25, 0.3) is 5.91 Å². The van der Waals surface area contributed by atoms with Crippen molar-refractivity contribution in [2.75, 3.05) is 13.6 Å². The van der Waals surface area contributed by atoms with Crippen molar-refractivity contribution in [3.05, 3.63) is 70.2 Å². The second kappa shape index (κ2) is 7.89. The summed E-state index contributed by atoms with van der Waals surface area (Å²) in [6.45, 7) is 0.962. The third kappa shape index (κ3) is 3.71. The van der Waals surface area contributed by atoms with Gasteiger partial charge in [-0.1, -0.05) is 48.0 Å². The maximum Gasteiger partial charge on any atom is 0.417 e. The maximum atomic E-state index is 13.3. The Balaban J connectivity index is 1.71. The highest BCUT2D eigenvalue weighted by Crippen LogP contribution is 2.49. The predicted octanol–water partition coefficient (Wildman–Crippen LogP) is 5.70. The van der Waals surface area contributed by atoms with Crippen LogP contribution >= 0.6 is 11.6 Å². The van der Waals surface area contributed by atoms with Gasteiger partial charge in [-0.25, -0.2) is 0 Å². The zero-order chi connectivity index (χ0) is 21.5. The summed E-state index contributed by atoms with van der Waals surface area (Å²) >= 11 is 6.02. The first-order valence-electron chi connectivity index (χ1n) is 10.1. The number of rotatable bonds is 4. The van der Waals surface area contributed by atoms with E-state index >= 15 is 0 Å². The minimum Gasteiger partial charge on any atom is -0.343 e. The zero-order valence-electron chi connectivity index (χ0n) is 16.7. The number of carbonyl (C=O) groups is 1. The quantitative estimate of drug-likeness (QED) is 0.666. The lowest BCUT2D eigenvalue weighted by Crippen LogP contribution is -2.62. The fourth-order valence-corrected chi connectivity index (χ4v) is 5.45. The van der Waals surface area contributed by atoms with Crippen molar-refractivity contribution in [2.45, 2.75) is 43.4 Å². The fraction of sp³-hybridized carbons (Fsp3) is 0.435. The summed E-state index contributed by atoms with van der Waals surface area (Å²) in [5.74, 6) is 0.0809. The monoisotopic (exact) mass is 436 g/mol. The second-order valence-electron chi connectivity index (χ2n) is 8.41. The molecule has 2 saturated heterocycles. The van der Waals surface area contributed by atoms with Gasteiger partial charge in [0.15, 0.2) is 0 Å². The van der Waals surface area contributed by atoms with Gasteiger partial charge in [0, 0.05) is 12.1 Å². The van der Waals surface area contributed by atoms with E-state index in [9.17, 15) is 18.0 Å². The summed E-state index contributed by atoms with van der Waals surface area (Å²) in [5, 5.41) is 2.49. The van der Waals surface area contributed by atoms with E-state index in [4.69, 9.17) is 11.6 Å². The van der Waals surface area contributed by atoms with Crippen LogP contribution in [0.2, 0.25) is 5.02 Å². The predicted molar refractivity (Wildman–Crippen MR) is 110 cm³/mol. The molecule has 1 unspecified atom stereocenters. The van der Waals surface area contributed by atoms with Gasteiger partial charge in [0.05, 0.1) is 22.2 Å². The summed E-state index contributed by atoms with van der Waals surface area (Å²) in [7, 11) is 2.07. The molecule has 1 N–H and O–H groups in total. The third-order valence-electron chi connectivity index (χ3n) is 6.76. The molecule has 3 nitrogen and oxygen atoms in total. The molecule has 3 fully saturated rings. The number of amides is 1. The van der Waals surface area contributed by atoms with E-state index in [1.54, 1.807) is 0 Å². The molecule has 7 heteroatoms.